The van der Waals surface area contributed by atoms with Crippen molar-refractivity contribution in [2.45, 2.75) is 71.3 Å². The van der Waals surface area contributed by atoms with Crippen LogP contribution in [0, 0.1) is 5.92 Å². The molecule has 1 aromatic carbocycles. The number of aromatic carboxylic acids is 1. The highest BCUT2D eigenvalue weighted by atomic mass is 16.4. The number of aromatic nitrogens is 4. The summed E-state index contributed by atoms with van der Waals surface area (Å²) < 4.78 is 1.89. The number of pyridine rings is 1. The number of nitrogens with zero attached hydrogens (tertiary/aromatic N) is 4. The highest BCUT2D eigenvalue weighted by Gasteiger charge is 2.26. The summed E-state index contributed by atoms with van der Waals surface area (Å²) in [6.45, 7) is 2.90. The number of carbonyl (C=O) groups is 2. The van der Waals surface area contributed by atoms with E-state index in [1.807, 2.05) is 16.8 Å². The van der Waals surface area contributed by atoms with Crippen LogP contribution in [0.3, 0.4) is 0 Å². The summed E-state index contributed by atoms with van der Waals surface area (Å²) in [6.07, 6.45) is 10.7. The minimum absolute atomic E-state index is 0.0448. The Hall–Kier alpha value is -3.35. The maximum absolute atomic E-state index is 13.0. The van der Waals surface area contributed by atoms with Gasteiger partial charge in [0.25, 0.3) is 0 Å². The first-order valence-electron chi connectivity index (χ1n) is 12.3. The van der Waals surface area contributed by atoms with E-state index in [0.717, 1.165) is 62.9 Å². The van der Waals surface area contributed by atoms with Crippen molar-refractivity contribution in [3.05, 3.63) is 65.4 Å². The first kappa shape index (κ1) is 23.8. The molecule has 1 aliphatic rings. The molecule has 0 atom stereocenters. The Morgan fingerprint density at radius 2 is 1.85 bits per heavy atom. The lowest BCUT2D eigenvalue weighted by molar-refractivity contribution is 0.0697. The average molecular weight is 461 g/mol. The van der Waals surface area contributed by atoms with Gasteiger partial charge in [-0.3, -0.25) is 9.78 Å². The Bertz CT molecular complexity index is 1130. The van der Waals surface area contributed by atoms with Crippen molar-refractivity contribution < 1.29 is 14.7 Å². The van der Waals surface area contributed by atoms with Gasteiger partial charge in [-0.1, -0.05) is 63.3 Å². The number of carbonyl (C=O) groups excluding carboxylic acids is 1. The van der Waals surface area contributed by atoms with E-state index in [4.69, 9.17) is 0 Å². The molecule has 1 fully saturated rings. The van der Waals surface area contributed by atoms with Crippen molar-refractivity contribution in [1.82, 2.24) is 19.7 Å². The molecule has 34 heavy (non-hydrogen) atoms. The van der Waals surface area contributed by atoms with Crippen LogP contribution in [-0.4, -0.2) is 36.6 Å². The molecule has 3 aromatic rings. The van der Waals surface area contributed by atoms with Crippen molar-refractivity contribution in [2.75, 3.05) is 0 Å². The SMILES string of the molecule is CCCCCn1nc(C(=O)C2CCCCC2)nc1Cc1ccc(-c2ccccc2C(=O)O)nc1. The zero-order chi connectivity index (χ0) is 23.9. The number of ketones is 1. The first-order valence-corrected chi connectivity index (χ1v) is 12.3. The van der Waals surface area contributed by atoms with Crippen LogP contribution in [0.15, 0.2) is 42.6 Å². The summed E-state index contributed by atoms with van der Waals surface area (Å²) in [5.41, 5.74) is 2.37. The van der Waals surface area contributed by atoms with Crippen LogP contribution >= 0.6 is 0 Å². The number of carboxylic acid groups (broad SMARTS) is 1. The number of hydrogen-bond acceptors (Lipinski definition) is 5. The minimum atomic E-state index is -0.975. The van der Waals surface area contributed by atoms with Gasteiger partial charge in [-0.25, -0.2) is 14.5 Å². The van der Waals surface area contributed by atoms with Crippen LogP contribution in [0.1, 0.15) is 90.7 Å². The molecule has 4 rings (SSSR count). The van der Waals surface area contributed by atoms with Gasteiger partial charge in [-0.2, -0.15) is 0 Å². The zero-order valence-corrected chi connectivity index (χ0v) is 19.7. The lowest BCUT2D eigenvalue weighted by Crippen LogP contribution is -2.19. The van der Waals surface area contributed by atoms with E-state index in [9.17, 15) is 14.7 Å². The van der Waals surface area contributed by atoms with E-state index in [1.54, 1.807) is 30.5 Å². The highest BCUT2D eigenvalue weighted by molar-refractivity contribution is 5.95. The molecule has 0 radical (unpaired) electrons. The van der Waals surface area contributed by atoms with Crippen LogP contribution in [-0.2, 0) is 13.0 Å². The standard InChI is InChI=1S/C27H32N4O3/c1-2-3-9-16-31-24(29-26(30-31)25(32)20-10-5-4-6-11-20)17-19-14-15-23(28-18-19)21-12-7-8-13-22(21)27(33)34/h7-8,12-15,18,20H,2-6,9-11,16-17H2,1H3,(H,33,34). The molecule has 7 heteroatoms. The third kappa shape index (κ3) is 5.58. The number of Topliss-reactive ketones (excluding diaryl/α,β-unsaturated/α-hetero) is 1. The third-order valence-corrected chi connectivity index (χ3v) is 6.54. The quantitative estimate of drug-likeness (QED) is 0.313. The number of unbranched alkanes of at least 4 members (excludes halogenated alkanes) is 2. The van der Waals surface area contributed by atoms with E-state index in [-0.39, 0.29) is 17.3 Å². The van der Waals surface area contributed by atoms with Gasteiger partial charge < -0.3 is 5.11 Å². The van der Waals surface area contributed by atoms with Gasteiger partial charge in [-0.05, 0) is 37.0 Å². The van der Waals surface area contributed by atoms with Crippen molar-refractivity contribution in [1.29, 1.82) is 0 Å². The van der Waals surface area contributed by atoms with Crippen LogP contribution in [0.2, 0.25) is 0 Å². The van der Waals surface area contributed by atoms with Gasteiger partial charge in [-0.15, -0.1) is 5.10 Å². The zero-order valence-electron chi connectivity index (χ0n) is 19.7. The molecule has 1 aliphatic carbocycles. The second-order valence-electron chi connectivity index (χ2n) is 9.06. The Morgan fingerprint density at radius 3 is 2.56 bits per heavy atom. The van der Waals surface area contributed by atoms with Gasteiger partial charge in [0.1, 0.15) is 5.82 Å². The summed E-state index contributed by atoms with van der Waals surface area (Å²) in [5, 5.41) is 14.1. The molecule has 0 aliphatic heterocycles. The van der Waals surface area contributed by atoms with Crippen LogP contribution < -0.4 is 0 Å². The van der Waals surface area contributed by atoms with Crippen molar-refractivity contribution >= 4 is 11.8 Å². The van der Waals surface area contributed by atoms with E-state index in [2.05, 4.69) is 22.0 Å². The van der Waals surface area contributed by atoms with Crippen molar-refractivity contribution in [2.24, 2.45) is 5.92 Å². The van der Waals surface area contributed by atoms with Crippen LogP contribution in [0.5, 0.6) is 0 Å². The van der Waals surface area contributed by atoms with Gasteiger partial charge in [0.15, 0.2) is 0 Å². The molecule has 7 nitrogen and oxygen atoms in total. The first-order chi connectivity index (χ1) is 16.6. The Labute approximate surface area is 200 Å². The highest BCUT2D eigenvalue weighted by Crippen LogP contribution is 2.27. The fourth-order valence-corrected chi connectivity index (χ4v) is 4.61. The molecule has 0 unspecified atom stereocenters. The Morgan fingerprint density at radius 1 is 1.06 bits per heavy atom. The number of aryl methyl sites for hydroxylation is 1. The number of carboxylic acids is 1. The van der Waals surface area contributed by atoms with E-state index < -0.39 is 5.97 Å². The predicted molar refractivity (Wildman–Crippen MR) is 130 cm³/mol. The topological polar surface area (TPSA) is 98.0 Å². The largest absolute Gasteiger partial charge is 0.478 e. The molecule has 2 aromatic heterocycles. The molecule has 0 saturated heterocycles. The van der Waals surface area contributed by atoms with Gasteiger partial charge in [0, 0.05) is 30.6 Å². The number of hydrogen-bond donors (Lipinski definition) is 1. The molecule has 1 saturated carbocycles. The lowest BCUT2D eigenvalue weighted by atomic mass is 9.86. The summed E-state index contributed by atoms with van der Waals surface area (Å²) >= 11 is 0. The van der Waals surface area contributed by atoms with Crippen LogP contribution in [0.4, 0.5) is 0 Å². The predicted octanol–water partition coefficient (Wildman–Crippen LogP) is 5.58. The van der Waals surface area contributed by atoms with Gasteiger partial charge in [0.2, 0.25) is 11.6 Å². The number of rotatable bonds is 10. The Balaban J connectivity index is 1.55. The summed E-state index contributed by atoms with van der Waals surface area (Å²) in [7, 11) is 0. The molecule has 0 amide bonds. The molecule has 0 spiro atoms. The number of benzene rings is 1. The molecule has 2 heterocycles. The maximum atomic E-state index is 13.0. The average Bonchev–Trinajstić information content (AvgIpc) is 3.27. The molecule has 178 valence electrons. The monoisotopic (exact) mass is 460 g/mol. The third-order valence-electron chi connectivity index (χ3n) is 6.54. The summed E-state index contributed by atoms with van der Waals surface area (Å²) in [6, 6.07) is 10.6. The van der Waals surface area contributed by atoms with Crippen molar-refractivity contribution in [3.63, 3.8) is 0 Å². The lowest BCUT2D eigenvalue weighted by Gasteiger charge is -2.18. The smallest absolute Gasteiger partial charge is 0.336 e. The maximum Gasteiger partial charge on any atom is 0.336 e. The molecule has 0 bridgehead atoms. The second kappa shape index (κ2) is 11.2. The van der Waals surface area contributed by atoms with E-state index in [0.29, 0.717) is 23.5 Å². The summed E-state index contributed by atoms with van der Waals surface area (Å²) in [5.74, 6) is 0.267. The van der Waals surface area contributed by atoms with Gasteiger partial charge in [0.05, 0.1) is 11.3 Å². The molecular formula is C27H32N4O3. The van der Waals surface area contributed by atoms with E-state index >= 15 is 0 Å². The Kier molecular flexibility index (Phi) is 7.83. The molecule has 1 N–H and O–H groups in total. The molecular weight excluding hydrogens is 428 g/mol. The fraction of sp³-hybridized carbons (Fsp3) is 0.444. The van der Waals surface area contributed by atoms with Crippen LogP contribution in [0.25, 0.3) is 11.3 Å². The minimum Gasteiger partial charge on any atom is -0.478 e. The normalized spacial score (nSPS) is 14.3. The second-order valence-corrected chi connectivity index (χ2v) is 9.06. The van der Waals surface area contributed by atoms with Gasteiger partial charge >= 0.3 is 5.97 Å². The summed E-state index contributed by atoms with van der Waals surface area (Å²) in [4.78, 5) is 33.8. The fourth-order valence-electron chi connectivity index (χ4n) is 4.61. The van der Waals surface area contributed by atoms with Crippen molar-refractivity contribution in [3.8, 4) is 11.3 Å². The van der Waals surface area contributed by atoms with E-state index in [1.165, 1.54) is 6.42 Å².